The van der Waals surface area contributed by atoms with E-state index < -0.39 is 17.7 Å². The summed E-state index contributed by atoms with van der Waals surface area (Å²) in [5.41, 5.74) is -0.0886. The summed E-state index contributed by atoms with van der Waals surface area (Å²) < 4.78 is 39.2. The lowest BCUT2D eigenvalue weighted by molar-refractivity contribution is -0.199. The number of anilines is 1. The highest BCUT2D eigenvalue weighted by Gasteiger charge is 2.46. The molecule has 0 aromatic carbocycles. The number of rotatable bonds is 3. The lowest BCUT2D eigenvalue weighted by Crippen LogP contribution is -2.45. The van der Waals surface area contributed by atoms with Crippen LogP contribution in [0, 0.1) is 5.92 Å². The molecule has 2 aromatic rings. The Labute approximate surface area is 153 Å². The van der Waals surface area contributed by atoms with Gasteiger partial charge in [0.1, 0.15) is 17.0 Å². The second kappa shape index (κ2) is 6.64. The van der Waals surface area contributed by atoms with Crippen LogP contribution in [0.4, 0.5) is 19.0 Å². The fraction of sp³-hybridized carbons (Fsp3) is 0.667. The number of halogens is 3. The van der Waals surface area contributed by atoms with E-state index in [9.17, 15) is 18.3 Å². The summed E-state index contributed by atoms with van der Waals surface area (Å²) in [6.07, 6.45) is 2.18. The Balaban J connectivity index is 1.55. The number of hydrogen-bond acceptors (Lipinski definition) is 5. The molecule has 2 N–H and O–H groups in total. The molecule has 0 radical (unpaired) electrons. The molecule has 2 unspecified atom stereocenters. The summed E-state index contributed by atoms with van der Waals surface area (Å²) in [6, 6.07) is 0. The van der Waals surface area contributed by atoms with Gasteiger partial charge in [-0.1, -0.05) is 0 Å². The zero-order chi connectivity index (χ0) is 18.4. The topological polar surface area (TPSA) is 58.0 Å². The molecule has 4 rings (SSSR count). The number of nitrogens with one attached hydrogen (secondary N) is 1. The van der Waals surface area contributed by atoms with E-state index in [-0.39, 0.29) is 19.4 Å². The van der Waals surface area contributed by atoms with E-state index in [0.717, 1.165) is 29.5 Å². The van der Waals surface area contributed by atoms with Gasteiger partial charge in [0.05, 0.1) is 16.9 Å². The fourth-order valence-electron chi connectivity index (χ4n) is 4.25. The van der Waals surface area contributed by atoms with E-state index in [4.69, 9.17) is 0 Å². The maximum atomic E-state index is 13.1. The van der Waals surface area contributed by atoms with E-state index in [1.54, 1.807) is 11.3 Å². The Bertz CT molecular complexity index is 807. The highest BCUT2D eigenvalue weighted by Crippen LogP contribution is 2.42. The fourth-order valence-corrected chi connectivity index (χ4v) is 5.48. The summed E-state index contributed by atoms with van der Waals surface area (Å²) in [4.78, 5) is 10.9. The Kier molecular flexibility index (Phi) is 4.59. The zero-order valence-electron chi connectivity index (χ0n) is 14.4. The molecule has 0 aliphatic heterocycles. The van der Waals surface area contributed by atoms with Crippen molar-refractivity contribution in [2.45, 2.75) is 63.1 Å². The molecule has 26 heavy (non-hydrogen) atoms. The minimum Gasteiger partial charge on any atom is -0.388 e. The monoisotopic (exact) mass is 385 g/mol. The zero-order valence-corrected chi connectivity index (χ0v) is 15.2. The summed E-state index contributed by atoms with van der Waals surface area (Å²) in [6.45, 7) is 0.0797. The number of alkyl halides is 3. The number of aromatic nitrogens is 2. The van der Waals surface area contributed by atoms with E-state index in [2.05, 4.69) is 15.3 Å². The third-order valence-corrected chi connectivity index (χ3v) is 6.82. The summed E-state index contributed by atoms with van der Waals surface area (Å²) >= 11 is 1.68. The second-order valence-electron chi connectivity index (χ2n) is 7.53. The maximum absolute atomic E-state index is 13.1. The molecule has 0 saturated heterocycles. The van der Waals surface area contributed by atoms with E-state index in [0.29, 0.717) is 18.7 Å². The lowest BCUT2D eigenvalue weighted by atomic mass is 9.77. The second-order valence-corrected chi connectivity index (χ2v) is 8.61. The summed E-state index contributed by atoms with van der Waals surface area (Å²) in [5, 5.41) is 14.9. The van der Waals surface area contributed by atoms with Crippen molar-refractivity contribution < 1.29 is 18.3 Å². The molecule has 4 nitrogen and oxygen atoms in total. The maximum Gasteiger partial charge on any atom is 0.391 e. The summed E-state index contributed by atoms with van der Waals surface area (Å²) in [7, 11) is 0. The molecule has 142 valence electrons. The Morgan fingerprint density at radius 3 is 2.85 bits per heavy atom. The average molecular weight is 385 g/mol. The van der Waals surface area contributed by atoms with Crippen molar-refractivity contribution >= 4 is 27.4 Å². The van der Waals surface area contributed by atoms with Crippen molar-refractivity contribution in [2.75, 3.05) is 11.9 Å². The Morgan fingerprint density at radius 1 is 1.23 bits per heavy atom. The summed E-state index contributed by atoms with van der Waals surface area (Å²) in [5.74, 6) is -0.792. The van der Waals surface area contributed by atoms with Crippen LogP contribution in [0.1, 0.15) is 49.0 Å². The first-order valence-electron chi connectivity index (χ1n) is 9.14. The third kappa shape index (κ3) is 3.41. The average Bonchev–Trinajstić information content (AvgIpc) is 2.98. The third-order valence-electron chi connectivity index (χ3n) is 5.62. The largest absolute Gasteiger partial charge is 0.391 e. The van der Waals surface area contributed by atoms with Gasteiger partial charge in [-0.25, -0.2) is 9.97 Å². The van der Waals surface area contributed by atoms with Crippen LogP contribution in [-0.2, 0) is 12.8 Å². The molecule has 1 saturated carbocycles. The molecule has 1 fully saturated rings. The van der Waals surface area contributed by atoms with Gasteiger partial charge < -0.3 is 10.4 Å². The SMILES string of the molecule is OC1(CNc2ncnc3sc4c(c23)CCCC4)CCCC(C(F)(F)F)C1. The van der Waals surface area contributed by atoms with Gasteiger partial charge in [-0.15, -0.1) is 11.3 Å². The number of hydrogen-bond donors (Lipinski definition) is 2. The van der Waals surface area contributed by atoms with Crippen LogP contribution < -0.4 is 5.32 Å². The van der Waals surface area contributed by atoms with Crippen LogP contribution in [0.2, 0.25) is 0 Å². The predicted octanol–water partition coefficient (Wildman–Crippen LogP) is 4.47. The highest BCUT2D eigenvalue weighted by molar-refractivity contribution is 7.19. The number of thiophene rings is 1. The first-order chi connectivity index (χ1) is 12.4. The van der Waals surface area contributed by atoms with Crippen LogP contribution in [0.25, 0.3) is 10.2 Å². The molecule has 2 heterocycles. The number of fused-ring (bicyclic) bond motifs is 3. The van der Waals surface area contributed by atoms with Crippen molar-refractivity contribution in [3.05, 3.63) is 16.8 Å². The molecular weight excluding hydrogens is 363 g/mol. The van der Waals surface area contributed by atoms with Gasteiger partial charge in [0.2, 0.25) is 0 Å². The standard InChI is InChI=1S/C18H22F3N3OS/c19-18(20,21)11-4-3-7-17(25,8-11)9-22-15-14-12-5-1-2-6-13(12)26-16(14)24-10-23-15/h10-11,25H,1-9H2,(H,22,23,24). The molecule has 2 atom stereocenters. The van der Waals surface area contributed by atoms with E-state index in [1.165, 1.54) is 23.2 Å². The van der Waals surface area contributed by atoms with Crippen LogP contribution in [0.5, 0.6) is 0 Å². The molecule has 2 aliphatic carbocycles. The van der Waals surface area contributed by atoms with Crippen LogP contribution in [-0.4, -0.2) is 33.4 Å². The number of aryl methyl sites for hydroxylation is 2. The normalized spacial score (nSPS) is 26.7. The van der Waals surface area contributed by atoms with Crippen LogP contribution in [0.15, 0.2) is 6.33 Å². The van der Waals surface area contributed by atoms with Gasteiger partial charge >= 0.3 is 6.18 Å². The smallest absolute Gasteiger partial charge is 0.388 e. The van der Waals surface area contributed by atoms with E-state index >= 15 is 0 Å². The minimum absolute atomic E-state index is 0.0797. The molecule has 0 spiro atoms. The molecule has 8 heteroatoms. The van der Waals surface area contributed by atoms with Crippen LogP contribution >= 0.6 is 11.3 Å². The van der Waals surface area contributed by atoms with Crippen molar-refractivity contribution in [3.8, 4) is 0 Å². The van der Waals surface area contributed by atoms with Gasteiger partial charge in [0, 0.05) is 11.4 Å². The van der Waals surface area contributed by atoms with Gasteiger partial charge in [-0.2, -0.15) is 13.2 Å². The first kappa shape index (κ1) is 18.0. The molecule has 2 aromatic heterocycles. The molecular formula is C18H22F3N3OS. The van der Waals surface area contributed by atoms with Crippen molar-refractivity contribution in [2.24, 2.45) is 5.92 Å². The molecule has 2 aliphatic rings. The Hall–Kier alpha value is -1.41. The molecule has 0 amide bonds. The minimum atomic E-state index is -4.25. The predicted molar refractivity (Wildman–Crippen MR) is 95.5 cm³/mol. The number of nitrogens with zero attached hydrogens (tertiary/aromatic N) is 2. The lowest BCUT2D eigenvalue weighted by Gasteiger charge is -2.37. The van der Waals surface area contributed by atoms with Gasteiger partial charge in [-0.05, 0) is 56.9 Å². The van der Waals surface area contributed by atoms with Crippen LogP contribution in [0.3, 0.4) is 0 Å². The number of aliphatic hydroxyl groups is 1. The highest BCUT2D eigenvalue weighted by atomic mass is 32.1. The quantitative estimate of drug-likeness (QED) is 0.819. The van der Waals surface area contributed by atoms with Gasteiger partial charge in [-0.3, -0.25) is 0 Å². The first-order valence-corrected chi connectivity index (χ1v) is 9.96. The Morgan fingerprint density at radius 2 is 2.04 bits per heavy atom. The van der Waals surface area contributed by atoms with Crippen molar-refractivity contribution in [1.29, 1.82) is 0 Å². The van der Waals surface area contributed by atoms with Gasteiger partial charge in [0.15, 0.2) is 0 Å². The molecule has 0 bridgehead atoms. The van der Waals surface area contributed by atoms with E-state index in [1.807, 2.05) is 0 Å². The van der Waals surface area contributed by atoms with Gasteiger partial charge in [0.25, 0.3) is 0 Å². The van der Waals surface area contributed by atoms with Crippen molar-refractivity contribution in [1.82, 2.24) is 9.97 Å². The van der Waals surface area contributed by atoms with Crippen molar-refractivity contribution in [3.63, 3.8) is 0 Å².